The third-order valence-electron chi connectivity index (χ3n) is 2.09. The Bertz CT molecular complexity index is 218. The highest BCUT2D eigenvalue weighted by Gasteiger charge is 2.30. The van der Waals surface area contributed by atoms with Gasteiger partial charge in [-0.3, -0.25) is 9.98 Å². The van der Waals surface area contributed by atoms with E-state index in [4.69, 9.17) is 0 Å². The molecule has 82 valence electrons. The molecule has 0 N–H and O–H groups in total. The molecule has 0 saturated carbocycles. The summed E-state index contributed by atoms with van der Waals surface area (Å²) in [5.74, 6) is 0. The number of hydrogen-bond acceptors (Lipinski definition) is 2. The van der Waals surface area contributed by atoms with Crippen LogP contribution < -0.4 is 0 Å². The highest BCUT2D eigenvalue weighted by atomic mass is 14.8. The standard InChI is InChI=1S/C12H24N2/c1-11(2,3)9(13-7)10(14-8)12(4,5)6/h1-8H3. The molecule has 0 aliphatic carbocycles. The minimum absolute atomic E-state index is 0.0663. The Kier molecular flexibility index (Phi) is 4.04. The summed E-state index contributed by atoms with van der Waals surface area (Å²) in [5.41, 5.74) is 2.34. The SMILES string of the molecule is CN=C(C(=NC)C(C)(C)C)C(C)(C)C. The van der Waals surface area contributed by atoms with Gasteiger partial charge in [-0.25, -0.2) is 0 Å². The fraction of sp³-hybridized carbons (Fsp3) is 0.833. The van der Waals surface area contributed by atoms with Gasteiger partial charge in [0.05, 0.1) is 11.4 Å². The van der Waals surface area contributed by atoms with Gasteiger partial charge in [0, 0.05) is 24.9 Å². The summed E-state index contributed by atoms with van der Waals surface area (Å²) in [5, 5.41) is 0. The van der Waals surface area contributed by atoms with E-state index in [0.29, 0.717) is 0 Å². The summed E-state index contributed by atoms with van der Waals surface area (Å²) in [6.45, 7) is 13.0. The van der Waals surface area contributed by atoms with Gasteiger partial charge >= 0.3 is 0 Å². The van der Waals surface area contributed by atoms with E-state index in [1.165, 1.54) is 0 Å². The second-order valence-corrected chi connectivity index (χ2v) is 5.64. The van der Waals surface area contributed by atoms with Gasteiger partial charge in [-0.15, -0.1) is 0 Å². The van der Waals surface area contributed by atoms with Gasteiger partial charge < -0.3 is 0 Å². The molecule has 0 aromatic carbocycles. The molecule has 0 saturated heterocycles. The molecular weight excluding hydrogens is 172 g/mol. The maximum absolute atomic E-state index is 4.38. The van der Waals surface area contributed by atoms with Gasteiger partial charge in [0.2, 0.25) is 0 Å². The highest BCUT2D eigenvalue weighted by Crippen LogP contribution is 2.25. The lowest BCUT2D eigenvalue weighted by Gasteiger charge is -2.29. The molecular formula is C12H24N2. The third-order valence-corrected chi connectivity index (χ3v) is 2.09. The van der Waals surface area contributed by atoms with Crippen molar-refractivity contribution in [2.24, 2.45) is 20.8 Å². The number of aliphatic imine (C=N–C) groups is 2. The molecule has 0 unspecified atom stereocenters. The van der Waals surface area contributed by atoms with E-state index >= 15 is 0 Å². The summed E-state index contributed by atoms with van der Waals surface area (Å²) in [4.78, 5) is 8.77. The van der Waals surface area contributed by atoms with Crippen molar-refractivity contribution < 1.29 is 0 Å². The lowest BCUT2D eigenvalue weighted by Crippen LogP contribution is -2.37. The van der Waals surface area contributed by atoms with Crippen molar-refractivity contribution >= 4 is 11.4 Å². The lowest BCUT2D eigenvalue weighted by molar-refractivity contribution is 0.564. The van der Waals surface area contributed by atoms with Crippen molar-refractivity contribution in [3.8, 4) is 0 Å². The predicted molar refractivity (Wildman–Crippen MR) is 65.6 cm³/mol. The zero-order valence-corrected chi connectivity index (χ0v) is 10.9. The zero-order valence-electron chi connectivity index (χ0n) is 10.9. The average Bonchev–Trinajstić information content (AvgIpc) is 1.94. The Morgan fingerprint density at radius 3 is 0.929 bits per heavy atom. The van der Waals surface area contributed by atoms with Crippen LogP contribution in [0.5, 0.6) is 0 Å². The van der Waals surface area contributed by atoms with E-state index in [1.807, 2.05) is 14.1 Å². The van der Waals surface area contributed by atoms with Gasteiger partial charge in [-0.1, -0.05) is 41.5 Å². The lowest BCUT2D eigenvalue weighted by atomic mass is 9.77. The average molecular weight is 196 g/mol. The first kappa shape index (κ1) is 13.3. The first-order valence-corrected chi connectivity index (χ1v) is 5.09. The van der Waals surface area contributed by atoms with Gasteiger partial charge in [0.1, 0.15) is 0 Å². The van der Waals surface area contributed by atoms with Crippen molar-refractivity contribution in [3.05, 3.63) is 0 Å². The van der Waals surface area contributed by atoms with Gasteiger partial charge in [0.15, 0.2) is 0 Å². The number of nitrogens with zero attached hydrogens (tertiary/aromatic N) is 2. The zero-order chi connectivity index (χ0) is 11.6. The summed E-state index contributed by atoms with van der Waals surface area (Å²) in [6, 6.07) is 0. The van der Waals surface area contributed by atoms with Crippen molar-refractivity contribution in [2.45, 2.75) is 41.5 Å². The Morgan fingerprint density at radius 2 is 0.857 bits per heavy atom. The fourth-order valence-electron chi connectivity index (χ4n) is 1.59. The summed E-state index contributed by atoms with van der Waals surface area (Å²) < 4.78 is 0. The van der Waals surface area contributed by atoms with E-state index in [0.717, 1.165) is 11.4 Å². The van der Waals surface area contributed by atoms with Crippen LogP contribution in [0.2, 0.25) is 0 Å². The van der Waals surface area contributed by atoms with E-state index < -0.39 is 0 Å². The Labute approximate surface area is 88.5 Å². The quantitative estimate of drug-likeness (QED) is 0.575. The minimum atomic E-state index is 0.0663. The first-order valence-electron chi connectivity index (χ1n) is 5.09. The minimum Gasteiger partial charge on any atom is -0.291 e. The van der Waals surface area contributed by atoms with E-state index in [9.17, 15) is 0 Å². The van der Waals surface area contributed by atoms with E-state index in [2.05, 4.69) is 51.5 Å². The number of hydrogen-bond donors (Lipinski definition) is 0. The molecule has 0 fully saturated rings. The molecule has 0 aliphatic rings. The van der Waals surface area contributed by atoms with Crippen molar-refractivity contribution in [2.75, 3.05) is 14.1 Å². The first-order chi connectivity index (χ1) is 6.14. The molecule has 0 radical (unpaired) electrons. The van der Waals surface area contributed by atoms with Crippen LogP contribution in [0.1, 0.15) is 41.5 Å². The summed E-state index contributed by atoms with van der Waals surface area (Å²) >= 11 is 0. The molecule has 0 rings (SSSR count). The van der Waals surface area contributed by atoms with Crippen LogP contribution in [0.15, 0.2) is 9.98 Å². The van der Waals surface area contributed by atoms with Crippen LogP contribution in [0.25, 0.3) is 0 Å². The van der Waals surface area contributed by atoms with Gasteiger partial charge in [-0.05, 0) is 0 Å². The molecule has 14 heavy (non-hydrogen) atoms. The predicted octanol–water partition coefficient (Wildman–Crippen LogP) is 3.22. The molecule has 0 bridgehead atoms. The van der Waals surface area contributed by atoms with Crippen molar-refractivity contribution in [1.29, 1.82) is 0 Å². The molecule has 0 aromatic heterocycles. The van der Waals surface area contributed by atoms with Crippen LogP contribution in [0.3, 0.4) is 0 Å². The van der Waals surface area contributed by atoms with Crippen LogP contribution in [-0.2, 0) is 0 Å². The largest absolute Gasteiger partial charge is 0.291 e. The maximum Gasteiger partial charge on any atom is 0.0613 e. The third kappa shape index (κ3) is 3.24. The van der Waals surface area contributed by atoms with Crippen LogP contribution in [0, 0.1) is 10.8 Å². The Morgan fingerprint density at radius 1 is 0.643 bits per heavy atom. The molecule has 0 atom stereocenters. The van der Waals surface area contributed by atoms with Crippen LogP contribution >= 0.6 is 0 Å². The van der Waals surface area contributed by atoms with Crippen molar-refractivity contribution in [3.63, 3.8) is 0 Å². The topological polar surface area (TPSA) is 24.7 Å². The van der Waals surface area contributed by atoms with E-state index in [1.54, 1.807) is 0 Å². The smallest absolute Gasteiger partial charge is 0.0613 e. The second-order valence-electron chi connectivity index (χ2n) is 5.64. The fourth-order valence-corrected chi connectivity index (χ4v) is 1.59. The Balaban J connectivity index is 5.27. The molecule has 2 heteroatoms. The number of rotatable bonds is 1. The second kappa shape index (κ2) is 4.24. The molecule has 2 nitrogen and oxygen atoms in total. The summed E-state index contributed by atoms with van der Waals surface area (Å²) in [7, 11) is 3.69. The molecule has 0 amide bonds. The van der Waals surface area contributed by atoms with Crippen LogP contribution in [0.4, 0.5) is 0 Å². The molecule has 0 spiro atoms. The maximum atomic E-state index is 4.38. The van der Waals surface area contributed by atoms with Crippen molar-refractivity contribution in [1.82, 2.24) is 0 Å². The van der Waals surface area contributed by atoms with Gasteiger partial charge in [-0.2, -0.15) is 0 Å². The Hall–Kier alpha value is -0.660. The normalized spacial score (nSPS) is 16.0. The van der Waals surface area contributed by atoms with Crippen LogP contribution in [-0.4, -0.2) is 25.5 Å². The summed E-state index contributed by atoms with van der Waals surface area (Å²) in [6.07, 6.45) is 0. The van der Waals surface area contributed by atoms with E-state index in [-0.39, 0.29) is 10.8 Å². The molecule has 0 aliphatic heterocycles. The molecule has 0 aromatic rings. The van der Waals surface area contributed by atoms with Gasteiger partial charge in [0.25, 0.3) is 0 Å². The monoisotopic (exact) mass is 196 g/mol. The highest BCUT2D eigenvalue weighted by molar-refractivity contribution is 6.45. The molecule has 0 heterocycles.